The van der Waals surface area contributed by atoms with E-state index < -0.39 is 6.10 Å². The smallest absolute Gasteiger partial charge is 0.253 e. The molecule has 1 aliphatic carbocycles. The van der Waals surface area contributed by atoms with Gasteiger partial charge in [0, 0.05) is 37.8 Å². The summed E-state index contributed by atoms with van der Waals surface area (Å²) in [4.78, 5) is 17.2. The Kier molecular flexibility index (Phi) is 4.79. The molecule has 1 atom stereocenters. The van der Waals surface area contributed by atoms with Gasteiger partial charge in [0.1, 0.15) is 0 Å². The van der Waals surface area contributed by atoms with E-state index in [9.17, 15) is 9.90 Å². The maximum Gasteiger partial charge on any atom is 0.253 e. The normalized spacial score (nSPS) is 21.5. The second-order valence-electron chi connectivity index (χ2n) is 6.46. The van der Waals surface area contributed by atoms with Crippen LogP contribution in [0.1, 0.15) is 54.6 Å². The second-order valence-corrected chi connectivity index (χ2v) is 6.46. The van der Waals surface area contributed by atoms with Crippen molar-refractivity contribution in [3.8, 4) is 0 Å². The summed E-state index contributed by atoms with van der Waals surface area (Å²) < 4.78 is 0. The average Bonchev–Trinajstić information content (AvgIpc) is 3.39. The molecule has 22 heavy (non-hydrogen) atoms. The predicted molar refractivity (Wildman–Crippen MR) is 86.8 cm³/mol. The summed E-state index contributed by atoms with van der Waals surface area (Å²) in [5.41, 5.74) is 1.61. The fraction of sp³-hybridized carbons (Fsp3) is 0.611. The van der Waals surface area contributed by atoms with Crippen LogP contribution in [0.4, 0.5) is 0 Å². The van der Waals surface area contributed by atoms with E-state index in [1.165, 1.54) is 12.8 Å². The van der Waals surface area contributed by atoms with Gasteiger partial charge in [-0.05, 0) is 43.4 Å². The third-order valence-electron chi connectivity index (χ3n) is 4.81. The summed E-state index contributed by atoms with van der Waals surface area (Å²) in [5.74, 6) is 0.121. The van der Waals surface area contributed by atoms with Crippen molar-refractivity contribution in [2.75, 3.05) is 26.2 Å². The monoisotopic (exact) mass is 302 g/mol. The minimum absolute atomic E-state index is 0.121. The lowest BCUT2D eigenvalue weighted by atomic mass is 10.0. The van der Waals surface area contributed by atoms with Crippen molar-refractivity contribution in [1.29, 1.82) is 0 Å². The standard InChI is InChI=1S/C18H26N2O2/c1-2-17(21)14-4-6-15(7-5-14)18(22)20-11-3-10-19(12-13-20)16-8-9-16/h4-7,16-17,21H,2-3,8-13H2,1H3. The van der Waals surface area contributed by atoms with Gasteiger partial charge in [0.2, 0.25) is 0 Å². The highest BCUT2D eigenvalue weighted by atomic mass is 16.3. The lowest BCUT2D eigenvalue weighted by Gasteiger charge is -2.22. The largest absolute Gasteiger partial charge is 0.388 e. The SMILES string of the molecule is CCC(O)c1ccc(C(=O)N2CCCN(C3CC3)CC2)cc1. The lowest BCUT2D eigenvalue weighted by molar-refractivity contribution is 0.0760. The molecule has 1 aromatic carbocycles. The third-order valence-corrected chi connectivity index (χ3v) is 4.81. The average molecular weight is 302 g/mol. The van der Waals surface area contributed by atoms with E-state index in [-0.39, 0.29) is 5.91 Å². The molecule has 1 saturated carbocycles. The van der Waals surface area contributed by atoms with Crippen LogP contribution in [0.25, 0.3) is 0 Å². The molecule has 1 saturated heterocycles. The Balaban J connectivity index is 1.62. The first-order valence-electron chi connectivity index (χ1n) is 8.50. The van der Waals surface area contributed by atoms with Crippen LogP contribution in [-0.2, 0) is 0 Å². The van der Waals surface area contributed by atoms with Gasteiger partial charge in [-0.3, -0.25) is 9.69 Å². The molecule has 0 bridgehead atoms. The van der Waals surface area contributed by atoms with E-state index in [4.69, 9.17) is 0 Å². The summed E-state index contributed by atoms with van der Waals surface area (Å²) in [5, 5.41) is 9.83. The molecule has 120 valence electrons. The topological polar surface area (TPSA) is 43.8 Å². The maximum absolute atomic E-state index is 12.6. The Labute approximate surface area is 132 Å². The number of carbonyl (C=O) groups is 1. The van der Waals surface area contributed by atoms with E-state index >= 15 is 0 Å². The van der Waals surface area contributed by atoms with E-state index in [1.54, 1.807) is 0 Å². The molecule has 1 heterocycles. The first-order chi connectivity index (χ1) is 10.7. The van der Waals surface area contributed by atoms with Crippen molar-refractivity contribution in [1.82, 2.24) is 9.80 Å². The molecule has 1 aliphatic heterocycles. The molecule has 1 N–H and O–H groups in total. The molecule has 3 rings (SSSR count). The molecular weight excluding hydrogens is 276 g/mol. The fourth-order valence-corrected chi connectivity index (χ4v) is 3.21. The second kappa shape index (κ2) is 6.80. The van der Waals surface area contributed by atoms with Gasteiger partial charge >= 0.3 is 0 Å². The van der Waals surface area contributed by atoms with Crippen LogP contribution in [0.15, 0.2) is 24.3 Å². The van der Waals surface area contributed by atoms with E-state index in [1.807, 2.05) is 36.1 Å². The van der Waals surface area contributed by atoms with Crippen LogP contribution < -0.4 is 0 Å². The first kappa shape index (κ1) is 15.5. The molecule has 0 spiro atoms. The number of hydrogen-bond donors (Lipinski definition) is 1. The molecule has 4 heteroatoms. The number of aliphatic hydroxyl groups excluding tert-OH is 1. The van der Waals surface area contributed by atoms with Crippen molar-refractivity contribution in [2.24, 2.45) is 0 Å². The van der Waals surface area contributed by atoms with Crippen LogP contribution in [0.5, 0.6) is 0 Å². The number of nitrogens with zero attached hydrogens (tertiary/aromatic N) is 2. The number of rotatable bonds is 4. The Morgan fingerprint density at radius 2 is 1.91 bits per heavy atom. The van der Waals surface area contributed by atoms with Gasteiger partial charge in [-0.25, -0.2) is 0 Å². The van der Waals surface area contributed by atoms with Gasteiger partial charge in [0.15, 0.2) is 0 Å². The summed E-state index contributed by atoms with van der Waals surface area (Å²) in [6.07, 6.45) is 3.98. The molecule has 2 aliphatic rings. The van der Waals surface area contributed by atoms with Gasteiger partial charge in [0.25, 0.3) is 5.91 Å². The first-order valence-corrected chi connectivity index (χ1v) is 8.50. The van der Waals surface area contributed by atoms with Crippen LogP contribution in [0, 0.1) is 0 Å². The summed E-state index contributed by atoms with van der Waals surface area (Å²) >= 11 is 0. The molecule has 0 radical (unpaired) electrons. The number of amides is 1. The Bertz CT molecular complexity index is 510. The zero-order valence-corrected chi connectivity index (χ0v) is 13.4. The van der Waals surface area contributed by atoms with Crippen LogP contribution in [-0.4, -0.2) is 53.0 Å². The van der Waals surface area contributed by atoms with Crippen molar-refractivity contribution in [2.45, 2.75) is 44.8 Å². The summed E-state index contributed by atoms with van der Waals surface area (Å²) in [7, 11) is 0. The van der Waals surface area contributed by atoms with Crippen molar-refractivity contribution >= 4 is 5.91 Å². The number of benzene rings is 1. The Morgan fingerprint density at radius 1 is 1.18 bits per heavy atom. The zero-order chi connectivity index (χ0) is 15.5. The number of aliphatic hydroxyl groups is 1. The minimum atomic E-state index is -0.436. The van der Waals surface area contributed by atoms with E-state index in [0.29, 0.717) is 6.42 Å². The van der Waals surface area contributed by atoms with Crippen molar-refractivity contribution in [3.05, 3.63) is 35.4 Å². The van der Waals surface area contributed by atoms with Crippen LogP contribution in [0.3, 0.4) is 0 Å². The minimum Gasteiger partial charge on any atom is -0.388 e. The highest BCUT2D eigenvalue weighted by molar-refractivity contribution is 5.94. The van der Waals surface area contributed by atoms with Crippen LogP contribution >= 0.6 is 0 Å². The predicted octanol–water partition coefficient (Wildman–Crippen LogP) is 2.44. The maximum atomic E-state index is 12.6. The molecule has 4 nitrogen and oxygen atoms in total. The molecule has 1 amide bonds. The van der Waals surface area contributed by atoms with E-state index in [0.717, 1.165) is 49.8 Å². The molecule has 1 unspecified atom stereocenters. The van der Waals surface area contributed by atoms with Gasteiger partial charge in [-0.1, -0.05) is 19.1 Å². The van der Waals surface area contributed by atoms with Crippen LogP contribution in [0.2, 0.25) is 0 Å². The quantitative estimate of drug-likeness (QED) is 0.929. The van der Waals surface area contributed by atoms with Gasteiger partial charge in [0.05, 0.1) is 6.10 Å². The molecule has 0 aromatic heterocycles. The molecule has 2 fully saturated rings. The van der Waals surface area contributed by atoms with Crippen molar-refractivity contribution in [3.63, 3.8) is 0 Å². The van der Waals surface area contributed by atoms with Gasteiger partial charge < -0.3 is 10.0 Å². The molecular formula is C18H26N2O2. The van der Waals surface area contributed by atoms with E-state index in [2.05, 4.69) is 4.90 Å². The molecule has 1 aromatic rings. The highest BCUT2D eigenvalue weighted by Gasteiger charge is 2.30. The van der Waals surface area contributed by atoms with Crippen molar-refractivity contribution < 1.29 is 9.90 Å². The Hall–Kier alpha value is -1.39. The lowest BCUT2D eigenvalue weighted by Crippen LogP contribution is -2.35. The van der Waals surface area contributed by atoms with Gasteiger partial charge in [-0.15, -0.1) is 0 Å². The highest BCUT2D eigenvalue weighted by Crippen LogP contribution is 2.27. The summed E-state index contributed by atoms with van der Waals surface area (Å²) in [6.45, 7) is 5.75. The van der Waals surface area contributed by atoms with Gasteiger partial charge in [-0.2, -0.15) is 0 Å². The number of carbonyl (C=O) groups excluding carboxylic acids is 1. The Morgan fingerprint density at radius 3 is 2.55 bits per heavy atom. The zero-order valence-electron chi connectivity index (χ0n) is 13.4. The third kappa shape index (κ3) is 3.50. The number of hydrogen-bond acceptors (Lipinski definition) is 3. The fourth-order valence-electron chi connectivity index (χ4n) is 3.21. The summed E-state index contributed by atoms with van der Waals surface area (Å²) in [6, 6.07) is 8.22.